The Hall–Kier alpha value is -3.89. The van der Waals surface area contributed by atoms with E-state index in [2.05, 4.69) is 16.3 Å². The van der Waals surface area contributed by atoms with Crippen LogP contribution in [0.25, 0.3) is 5.69 Å². The first-order valence-electron chi connectivity index (χ1n) is 11.3. The smallest absolute Gasteiger partial charge is 0.416 e. The van der Waals surface area contributed by atoms with Gasteiger partial charge in [0.15, 0.2) is 0 Å². The van der Waals surface area contributed by atoms with E-state index in [0.717, 1.165) is 40.7 Å². The molecule has 1 fully saturated rings. The van der Waals surface area contributed by atoms with Gasteiger partial charge in [-0.2, -0.15) is 17.5 Å². The van der Waals surface area contributed by atoms with Crippen LogP contribution in [0.1, 0.15) is 17.5 Å². The summed E-state index contributed by atoms with van der Waals surface area (Å²) in [6.07, 6.45) is 2.60. The summed E-state index contributed by atoms with van der Waals surface area (Å²) >= 11 is 0. The van der Waals surface area contributed by atoms with Crippen molar-refractivity contribution in [2.75, 3.05) is 13.7 Å². The fourth-order valence-corrected chi connectivity index (χ4v) is 5.74. The Bertz CT molecular complexity index is 1460. The maximum atomic E-state index is 13.3. The Morgan fingerprint density at radius 2 is 1.84 bits per heavy atom. The van der Waals surface area contributed by atoms with Crippen molar-refractivity contribution in [3.05, 3.63) is 71.7 Å². The molecule has 2 aromatic carbocycles. The van der Waals surface area contributed by atoms with E-state index in [-0.39, 0.29) is 30.3 Å². The van der Waals surface area contributed by atoms with Gasteiger partial charge >= 0.3 is 6.18 Å². The largest absolute Gasteiger partial charge is 0.480 e. The highest BCUT2D eigenvalue weighted by Gasteiger charge is 2.43. The third-order valence-corrected chi connectivity index (χ3v) is 7.96. The van der Waals surface area contributed by atoms with E-state index in [0.29, 0.717) is 11.3 Å². The van der Waals surface area contributed by atoms with Gasteiger partial charge in [-0.25, -0.2) is 17.5 Å². The van der Waals surface area contributed by atoms with E-state index in [1.807, 2.05) is 0 Å². The third kappa shape index (κ3) is 5.51. The van der Waals surface area contributed by atoms with Crippen molar-refractivity contribution in [3.8, 4) is 23.9 Å². The summed E-state index contributed by atoms with van der Waals surface area (Å²) in [6, 6.07) is 7.47. The molecule has 1 N–H and O–H groups in total. The number of nitrogens with one attached hydrogen (secondary N) is 1. The average Bonchev–Trinajstić information content (AvgIpc) is 3.52. The van der Waals surface area contributed by atoms with Crippen molar-refractivity contribution >= 4 is 15.9 Å². The minimum Gasteiger partial charge on any atom is -0.480 e. The summed E-state index contributed by atoms with van der Waals surface area (Å²) in [5.74, 6) is 0.888. The van der Waals surface area contributed by atoms with E-state index in [4.69, 9.17) is 11.2 Å². The minimum absolute atomic E-state index is 0.0799. The van der Waals surface area contributed by atoms with Crippen LogP contribution in [-0.2, 0) is 27.5 Å². The molecule has 0 bridgehead atoms. The van der Waals surface area contributed by atoms with Crippen LogP contribution < -0.4 is 10.1 Å². The first-order valence-corrected chi connectivity index (χ1v) is 12.7. The number of terminal acetylenes is 1. The summed E-state index contributed by atoms with van der Waals surface area (Å²) in [4.78, 5) is 12.9. The number of carbonyl (C=O) groups excluding carboxylic acids is 1. The lowest BCUT2D eigenvalue weighted by Gasteiger charge is -2.23. The highest BCUT2D eigenvalue weighted by Crippen LogP contribution is 2.31. The molecule has 13 heteroatoms. The van der Waals surface area contributed by atoms with E-state index >= 15 is 0 Å². The molecule has 0 radical (unpaired) electrons. The average molecular weight is 551 g/mol. The van der Waals surface area contributed by atoms with Crippen molar-refractivity contribution < 1.29 is 35.5 Å². The predicted octanol–water partition coefficient (Wildman–Crippen LogP) is 3.37. The molecule has 0 saturated carbocycles. The van der Waals surface area contributed by atoms with Crippen LogP contribution in [0.3, 0.4) is 0 Å². The molecule has 1 aromatic heterocycles. The zero-order chi connectivity index (χ0) is 27.7. The number of nitrogens with zero attached hydrogens (tertiary/aromatic N) is 3. The van der Waals surface area contributed by atoms with Crippen molar-refractivity contribution in [3.63, 3.8) is 0 Å². The number of amides is 1. The highest BCUT2D eigenvalue weighted by molar-refractivity contribution is 7.89. The molecule has 38 heavy (non-hydrogen) atoms. The zero-order valence-corrected chi connectivity index (χ0v) is 20.8. The van der Waals surface area contributed by atoms with Crippen LogP contribution in [0.15, 0.2) is 59.6 Å². The van der Waals surface area contributed by atoms with Crippen LogP contribution in [-0.4, -0.2) is 48.1 Å². The number of rotatable bonds is 7. The minimum atomic E-state index is -4.48. The van der Waals surface area contributed by atoms with E-state index in [9.17, 15) is 30.8 Å². The monoisotopic (exact) mass is 550 g/mol. The van der Waals surface area contributed by atoms with Gasteiger partial charge in [0.25, 0.3) is 0 Å². The number of sulfonamides is 1. The zero-order valence-electron chi connectivity index (χ0n) is 19.9. The van der Waals surface area contributed by atoms with Crippen molar-refractivity contribution in [1.82, 2.24) is 19.4 Å². The first kappa shape index (κ1) is 27.2. The summed E-state index contributed by atoms with van der Waals surface area (Å²) in [7, 11) is -2.80. The molecule has 8 nitrogen and oxygen atoms in total. The molecular formula is C25H22F4N4O4S. The molecule has 0 aliphatic carbocycles. The second-order valence-corrected chi connectivity index (χ2v) is 10.4. The van der Waals surface area contributed by atoms with E-state index in [1.54, 1.807) is 0 Å². The Morgan fingerprint density at radius 1 is 1.18 bits per heavy atom. The van der Waals surface area contributed by atoms with E-state index < -0.39 is 45.4 Å². The molecule has 1 aliphatic rings. The Kier molecular flexibility index (Phi) is 7.48. The molecule has 2 atom stereocenters. The van der Waals surface area contributed by atoms with Crippen LogP contribution >= 0.6 is 0 Å². The van der Waals surface area contributed by atoms with Gasteiger partial charge in [0.1, 0.15) is 11.9 Å². The molecule has 200 valence electrons. The number of hydrogen-bond acceptors (Lipinski definition) is 5. The number of alkyl halides is 3. The van der Waals surface area contributed by atoms with Crippen molar-refractivity contribution in [1.29, 1.82) is 0 Å². The van der Waals surface area contributed by atoms with Crippen LogP contribution in [0.2, 0.25) is 0 Å². The predicted molar refractivity (Wildman–Crippen MR) is 128 cm³/mol. The number of ether oxygens (including phenoxy) is 1. The van der Waals surface area contributed by atoms with E-state index in [1.165, 1.54) is 30.1 Å². The first-order chi connectivity index (χ1) is 17.9. The molecule has 1 amide bonds. The van der Waals surface area contributed by atoms with Crippen LogP contribution in [0.4, 0.5) is 17.6 Å². The van der Waals surface area contributed by atoms with Gasteiger partial charge in [-0.3, -0.25) is 4.79 Å². The highest BCUT2D eigenvalue weighted by atomic mass is 32.2. The second kappa shape index (κ2) is 10.5. The van der Waals surface area contributed by atoms with Gasteiger partial charge < -0.3 is 10.1 Å². The molecule has 4 rings (SSSR count). The normalized spacial score (nSPS) is 18.2. The van der Waals surface area contributed by atoms with Crippen LogP contribution in [0, 0.1) is 24.1 Å². The number of methoxy groups -OCH3 is 1. The number of aromatic nitrogens is 2. The van der Waals surface area contributed by atoms with Gasteiger partial charge in [-0.15, -0.1) is 17.4 Å². The lowest BCUT2D eigenvalue weighted by atomic mass is 10.1. The molecule has 2 heterocycles. The molecular weight excluding hydrogens is 528 g/mol. The summed E-state index contributed by atoms with van der Waals surface area (Å²) in [5, 5.41) is 6.85. The van der Waals surface area contributed by atoms with Crippen molar-refractivity contribution in [2.24, 2.45) is 5.92 Å². The molecule has 3 aromatic rings. The Morgan fingerprint density at radius 3 is 2.42 bits per heavy atom. The van der Waals surface area contributed by atoms with Crippen molar-refractivity contribution in [2.45, 2.75) is 30.1 Å². The summed E-state index contributed by atoms with van der Waals surface area (Å²) < 4.78 is 85.8. The molecule has 0 spiro atoms. The third-order valence-electron chi connectivity index (χ3n) is 6.07. The lowest BCUT2D eigenvalue weighted by molar-refractivity contribution is -0.137. The van der Waals surface area contributed by atoms with Gasteiger partial charge in [-0.05, 0) is 55.0 Å². The SMILES string of the molecule is C#CC1CC(C(=O)NCc2cn(-c3ccc(C(F)(F)F)cc3)nc2OC)N(S(=O)(=O)c2ccc(F)cc2)C1. The van der Waals surface area contributed by atoms with Crippen LogP contribution in [0.5, 0.6) is 5.88 Å². The Labute approximate surface area is 216 Å². The number of hydrogen-bond donors (Lipinski definition) is 1. The quantitative estimate of drug-likeness (QED) is 0.360. The number of halogens is 4. The topological polar surface area (TPSA) is 93.5 Å². The maximum Gasteiger partial charge on any atom is 0.416 e. The summed E-state index contributed by atoms with van der Waals surface area (Å²) in [6.45, 7) is -0.187. The molecule has 2 unspecified atom stereocenters. The summed E-state index contributed by atoms with van der Waals surface area (Å²) in [5.41, 5.74) is -0.0758. The number of benzene rings is 2. The fraction of sp³-hybridized carbons (Fsp3) is 0.280. The Balaban J connectivity index is 1.52. The van der Waals surface area contributed by atoms with Gasteiger partial charge in [0.2, 0.25) is 21.8 Å². The fourth-order valence-electron chi connectivity index (χ4n) is 4.09. The number of carbonyl (C=O) groups is 1. The standard InChI is InChI=1S/C25H22F4N4O4S/c1-3-16-12-22(33(14-16)38(35,36)21-10-6-19(26)7-11-21)23(34)30-13-17-15-32(31-24(17)37-2)20-8-4-18(5-9-20)25(27,28)29/h1,4-11,15-16,22H,12-14H2,2H3,(H,30,34). The van der Waals surface area contributed by atoms with Gasteiger partial charge in [0, 0.05) is 25.2 Å². The maximum absolute atomic E-state index is 13.3. The lowest BCUT2D eigenvalue weighted by Crippen LogP contribution is -2.45. The second-order valence-electron chi connectivity index (χ2n) is 8.51. The molecule has 1 aliphatic heterocycles. The molecule has 1 saturated heterocycles. The van der Waals surface area contributed by atoms with Gasteiger partial charge in [0.05, 0.1) is 28.8 Å². The van der Waals surface area contributed by atoms with Gasteiger partial charge in [-0.1, -0.05) is 0 Å².